The standard InChI is InChI=1S/C12H19N3OS/c13-7-11-15-10(8-17-11)12(16)14-9-5-3-1-2-4-6-9/h8-9H,1-7,13H2,(H,14,16). The molecule has 1 saturated carbocycles. The molecular formula is C12H19N3OS. The Morgan fingerprint density at radius 3 is 2.71 bits per heavy atom. The first-order valence-corrected chi connectivity index (χ1v) is 7.13. The third kappa shape index (κ3) is 3.51. The quantitative estimate of drug-likeness (QED) is 0.810. The van der Waals surface area contributed by atoms with E-state index < -0.39 is 0 Å². The van der Waals surface area contributed by atoms with Crippen molar-refractivity contribution >= 4 is 17.2 Å². The van der Waals surface area contributed by atoms with Crippen molar-refractivity contribution in [2.75, 3.05) is 0 Å². The maximum atomic E-state index is 11.9. The summed E-state index contributed by atoms with van der Waals surface area (Å²) in [6, 6.07) is 0.327. The lowest BCUT2D eigenvalue weighted by molar-refractivity contribution is 0.0929. The first-order valence-electron chi connectivity index (χ1n) is 6.25. The molecule has 1 aliphatic carbocycles. The van der Waals surface area contributed by atoms with E-state index in [2.05, 4.69) is 10.3 Å². The summed E-state index contributed by atoms with van der Waals surface area (Å²) in [6.07, 6.45) is 7.21. The number of hydrogen-bond acceptors (Lipinski definition) is 4. The summed E-state index contributed by atoms with van der Waals surface area (Å²) in [7, 11) is 0. The van der Waals surface area contributed by atoms with Crippen LogP contribution in [0.15, 0.2) is 5.38 Å². The minimum atomic E-state index is -0.0483. The van der Waals surface area contributed by atoms with E-state index in [0.717, 1.165) is 17.8 Å². The number of amides is 1. The molecule has 0 radical (unpaired) electrons. The van der Waals surface area contributed by atoms with Gasteiger partial charge in [-0.2, -0.15) is 0 Å². The second-order valence-corrected chi connectivity index (χ2v) is 5.44. The van der Waals surface area contributed by atoms with Crippen LogP contribution < -0.4 is 11.1 Å². The van der Waals surface area contributed by atoms with Crippen LogP contribution in [0.1, 0.15) is 54.0 Å². The third-order valence-corrected chi connectivity index (χ3v) is 4.02. The van der Waals surface area contributed by atoms with E-state index in [1.54, 1.807) is 5.38 Å². The molecule has 94 valence electrons. The second-order valence-electron chi connectivity index (χ2n) is 4.49. The normalized spacial score (nSPS) is 17.7. The van der Waals surface area contributed by atoms with Crippen LogP contribution in [-0.2, 0) is 6.54 Å². The van der Waals surface area contributed by atoms with Crippen molar-refractivity contribution in [2.24, 2.45) is 5.73 Å². The van der Waals surface area contributed by atoms with Crippen LogP contribution in [0.5, 0.6) is 0 Å². The van der Waals surface area contributed by atoms with Gasteiger partial charge in [-0.3, -0.25) is 4.79 Å². The molecule has 2 rings (SSSR count). The zero-order chi connectivity index (χ0) is 12.1. The van der Waals surface area contributed by atoms with E-state index in [0.29, 0.717) is 18.3 Å². The summed E-state index contributed by atoms with van der Waals surface area (Å²) in [5, 5.41) is 5.68. The van der Waals surface area contributed by atoms with Crippen molar-refractivity contribution in [3.8, 4) is 0 Å². The molecule has 0 saturated heterocycles. The van der Waals surface area contributed by atoms with Crippen molar-refractivity contribution < 1.29 is 4.79 Å². The topological polar surface area (TPSA) is 68.0 Å². The first kappa shape index (κ1) is 12.5. The summed E-state index contributed by atoms with van der Waals surface area (Å²) in [6.45, 7) is 0.404. The highest BCUT2D eigenvalue weighted by molar-refractivity contribution is 7.09. The molecule has 5 heteroatoms. The van der Waals surface area contributed by atoms with E-state index >= 15 is 0 Å². The smallest absolute Gasteiger partial charge is 0.270 e. The highest BCUT2D eigenvalue weighted by atomic mass is 32.1. The zero-order valence-electron chi connectivity index (χ0n) is 9.95. The molecule has 1 heterocycles. The van der Waals surface area contributed by atoms with Crippen LogP contribution in [0.4, 0.5) is 0 Å². The Bertz CT molecular complexity index is 370. The predicted molar refractivity (Wildman–Crippen MR) is 69.0 cm³/mol. The number of carbonyl (C=O) groups excluding carboxylic acids is 1. The molecule has 17 heavy (non-hydrogen) atoms. The van der Waals surface area contributed by atoms with Gasteiger partial charge in [0.05, 0.1) is 0 Å². The zero-order valence-corrected chi connectivity index (χ0v) is 10.8. The maximum absolute atomic E-state index is 11.9. The Kier molecular flexibility index (Phi) is 4.50. The number of thiazole rings is 1. The van der Waals surface area contributed by atoms with E-state index in [1.807, 2.05) is 0 Å². The average molecular weight is 253 g/mol. The largest absolute Gasteiger partial charge is 0.348 e. The molecule has 0 atom stereocenters. The van der Waals surface area contributed by atoms with Crippen LogP contribution in [-0.4, -0.2) is 16.9 Å². The van der Waals surface area contributed by atoms with Crippen LogP contribution >= 0.6 is 11.3 Å². The van der Waals surface area contributed by atoms with E-state index in [4.69, 9.17) is 5.73 Å². The fourth-order valence-electron chi connectivity index (χ4n) is 2.19. The number of nitrogens with zero attached hydrogens (tertiary/aromatic N) is 1. The number of nitrogens with one attached hydrogen (secondary N) is 1. The molecule has 1 amide bonds. The van der Waals surface area contributed by atoms with Crippen molar-refractivity contribution in [1.82, 2.24) is 10.3 Å². The minimum absolute atomic E-state index is 0.0483. The number of rotatable bonds is 3. The number of hydrogen-bond donors (Lipinski definition) is 2. The van der Waals surface area contributed by atoms with E-state index in [9.17, 15) is 4.79 Å². The van der Waals surface area contributed by atoms with E-state index in [1.165, 1.54) is 37.0 Å². The summed E-state index contributed by atoms with van der Waals surface area (Å²) in [5.74, 6) is -0.0483. The monoisotopic (exact) mass is 253 g/mol. The molecule has 3 N–H and O–H groups in total. The molecule has 0 spiro atoms. The van der Waals surface area contributed by atoms with Crippen LogP contribution in [0, 0.1) is 0 Å². The van der Waals surface area contributed by atoms with Crippen molar-refractivity contribution in [3.63, 3.8) is 0 Å². The highest BCUT2D eigenvalue weighted by Crippen LogP contribution is 2.18. The van der Waals surface area contributed by atoms with Gasteiger partial charge in [-0.05, 0) is 12.8 Å². The average Bonchev–Trinajstić information content (AvgIpc) is 2.68. The first-order chi connectivity index (χ1) is 8.29. The number of aromatic nitrogens is 1. The molecule has 1 aromatic rings. The molecule has 0 aromatic carbocycles. The predicted octanol–water partition coefficient (Wildman–Crippen LogP) is 2.05. The summed E-state index contributed by atoms with van der Waals surface area (Å²) in [5.41, 5.74) is 6.00. The summed E-state index contributed by atoms with van der Waals surface area (Å²) in [4.78, 5) is 16.1. The maximum Gasteiger partial charge on any atom is 0.270 e. The number of nitrogens with two attached hydrogens (primary N) is 1. The van der Waals surface area contributed by atoms with Gasteiger partial charge in [-0.25, -0.2) is 4.98 Å². The Labute approximate surface area is 106 Å². The van der Waals surface area contributed by atoms with Gasteiger partial charge < -0.3 is 11.1 Å². The molecule has 0 unspecified atom stereocenters. The van der Waals surface area contributed by atoms with Crippen LogP contribution in [0.3, 0.4) is 0 Å². The minimum Gasteiger partial charge on any atom is -0.348 e. The van der Waals surface area contributed by atoms with Crippen LogP contribution in [0.25, 0.3) is 0 Å². The van der Waals surface area contributed by atoms with Gasteiger partial charge in [-0.1, -0.05) is 25.7 Å². The number of carbonyl (C=O) groups is 1. The second kappa shape index (κ2) is 6.12. The Morgan fingerprint density at radius 2 is 2.12 bits per heavy atom. The van der Waals surface area contributed by atoms with Gasteiger partial charge in [0.2, 0.25) is 0 Å². The van der Waals surface area contributed by atoms with Gasteiger partial charge in [0.15, 0.2) is 0 Å². The lowest BCUT2D eigenvalue weighted by atomic mass is 10.1. The Hall–Kier alpha value is -0.940. The van der Waals surface area contributed by atoms with Crippen molar-refractivity contribution in [2.45, 2.75) is 51.1 Å². The SMILES string of the molecule is NCc1nc(C(=O)NC2CCCCCC2)cs1. The summed E-state index contributed by atoms with van der Waals surface area (Å²) >= 11 is 1.45. The molecule has 4 nitrogen and oxygen atoms in total. The molecule has 1 aliphatic rings. The fourth-order valence-corrected chi connectivity index (χ4v) is 2.85. The van der Waals surface area contributed by atoms with E-state index in [-0.39, 0.29) is 5.91 Å². The molecule has 1 fully saturated rings. The van der Waals surface area contributed by atoms with Crippen molar-refractivity contribution in [1.29, 1.82) is 0 Å². The molecule has 1 aromatic heterocycles. The van der Waals surface area contributed by atoms with Gasteiger partial charge >= 0.3 is 0 Å². The van der Waals surface area contributed by atoms with Gasteiger partial charge in [-0.15, -0.1) is 11.3 Å². The lowest BCUT2D eigenvalue weighted by Gasteiger charge is -2.15. The lowest BCUT2D eigenvalue weighted by Crippen LogP contribution is -2.34. The molecular weight excluding hydrogens is 234 g/mol. The van der Waals surface area contributed by atoms with Gasteiger partial charge in [0.1, 0.15) is 10.7 Å². The van der Waals surface area contributed by atoms with Crippen LogP contribution in [0.2, 0.25) is 0 Å². The van der Waals surface area contributed by atoms with Gasteiger partial charge in [0, 0.05) is 18.0 Å². The Balaban J connectivity index is 1.91. The highest BCUT2D eigenvalue weighted by Gasteiger charge is 2.17. The third-order valence-electron chi connectivity index (χ3n) is 3.15. The molecule has 0 aliphatic heterocycles. The molecule has 0 bridgehead atoms. The summed E-state index contributed by atoms with van der Waals surface area (Å²) < 4.78 is 0. The van der Waals surface area contributed by atoms with Gasteiger partial charge in [0.25, 0.3) is 5.91 Å². The fraction of sp³-hybridized carbons (Fsp3) is 0.667. The van der Waals surface area contributed by atoms with Crippen molar-refractivity contribution in [3.05, 3.63) is 16.1 Å². The Morgan fingerprint density at radius 1 is 1.41 bits per heavy atom.